The maximum atomic E-state index is 2.57. The Balaban J connectivity index is 1.01. The van der Waals surface area contributed by atoms with Crippen LogP contribution >= 0.6 is 0 Å². The van der Waals surface area contributed by atoms with Crippen LogP contribution in [-0.2, 0) is 5.41 Å². The number of hydrogen-bond acceptors (Lipinski definition) is 1. The molecule has 3 saturated carbocycles. The molecular formula is C58H55N. The average molecular weight is 766 g/mol. The second-order valence-electron chi connectivity index (χ2n) is 18.7. The maximum absolute atomic E-state index is 2.57. The van der Waals surface area contributed by atoms with Gasteiger partial charge in [-0.3, -0.25) is 0 Å². The molecule has 59 heavy (non-hydrogen) atoms. The molecule has 3 atom stereocenters. The zero-order valence-electron chi connectivity index (χ0n) is 34.7. The molecule has 4 aliphatic rings. The summed E-state index contributed by atoms with van der Waals surface area (Å²) >= 11 is 0. The highest BCUT2D eigenvalue weighted by atomic mass is 15.1. The minimum atomic E-state index is -0.138. The molecule has 0 heterocycles. The summed E-state index contributed by atoms with van der Waals surface area (Å²) in [7, 11) is 0. The summed E-state index contributed by atoms with van der Waals surface area (Å²) in [4.78, 5) is 2.57. The molecule has 2 bridgehead atoms. The van der Waals surface area contributed by atoms with Gasteiger partial charge in [0.15, 0.2) is 0 Å². The number of nitrogens with zero attached hydrogens (tertiary/aromatic N) is 1. The van der Waals surface area contributed by atoms with Gasteiger partial charge in [-0.15, -0.1) is 0 Å². The monoisotopic (exact) mass is 765 g/mol. The molecule has 3 unspecified atom stereocenters. The predicted octanol–water partition coefficient (Wildman–Crippen LogP) is 16.4. The number of anilines is 3. The lowest BCUT2D eigenvalue weighted by Crippen LogP contribution is -2.17. The van der Waals surface area contributed by atoms with Crippen LogP contribution in [0.3, 0.4) is 0 Å². The van der Waals surface area contributed by atoms with Crippen molar-refractivity contribution < 1.29 is 0 Å². The van der Waals surface area contributed by atoms with Crippen molar-refractivity contribution in [1.29, 1.82) is 0 Å². The molecule has 7 aromatic rings. The Labute approximate surface area is 351 Å². The average Bonchev–Trinajstić information content (AvgIpc) is 4.00. The van der Waals surface area contributed by atoms with Crippen molar-refractivity contribution in [3.8, 4) is 44.5 Å². The lowest BCUT2D eigenvalue weighted by atomic mass is 9.80. The van der Waals surface area contributed by atoms with Crippen molar-refractivity contribution >= 4 is 17.1 Å². The molecule has 11 rings (SSSR count). The van der Waals surface area contributed by atoms with Gasteiger partial charge in [0, 0.05) is 22.4 Å². The molecule has 3 fully saturated rings. The van der Waals surface area contributed by atoms with Crippen LogP contribution in [-0.4, -0.2) is 0 Å². The second kappa shape index (κ2) is 14.9. The fraction of sp³-hybridized carbons (Fsp3) is 0.276. The maximum Gasteiger partial charge on any atom is 0.0540 e. The van der Waals surface area contributed by atoms with E-state index in [1.54, 1.807) is 0 Å². The van der Waals surface area contributed by atoms with Crippen LogP contribution in [0.15, 0.2) is 164 Å². The third-order valence-corrected chi connectivity index (χ3v) is 15.0. The molecule has 0 saturated heterocycles. The van der Waals surface area contributed by atoms with E-state index in [1.165, 1.54) is 142 Å². The molecule has 0 radical (unpaired) electrons. The van der Waals surface area contributed by atoms with Gasteiger partial charge in [-0.2, -0.15) is 0 Å². The van der Waals surface area contributed by atoms with E-state index in [9.17, 15) is 0 Å². The van der Waals surface area contributed by atoms with E-state index in [1.807, 2.05) is 0 Å². The van der Waals surface area contributed by atoms with Crippen molar-refractivity contribution in [2.45, 2.75) is 88.9 Å². The summed E-state index contributed by atoms with van der Waals surface area (Å²) in [6.45, 7) is 4.83. The molecular weight excluding hydrogens is 711 g/mol. The van der Waals surface area contributed by atoms with Crippen molar-refractivity contribution in [2.24, 2.45) is 11.8 Å². The highest BCUT2D eigenvalue weighted by Crippen LogP contribution is 2.55. The smallest absolute Gasteiger partial charge is 0.0540 e. The Morgan fingerprint density at radius 3 is 1.86 bits per heavy atom. The first-order chi connectivity index (χ1) is 29.0. The normalized spacial score (nSPS) is 20.3. The molecule has 1 heteroatoms. The number of rotatable bonds is 8. The van der Waals surface area contributed by atoms with Crippen molar-refractivity contribution in [2.75, 3.05) is 4.90 Å². The Bertz CT molecular complexity index is 2630. The largest absolute Gasteiger partial charge is 0.310 e. The van der Waals surface area contributed by atoms with Crippen molar-refractivity contribution in [3.05, 3.63) is 186 Å². The zero-order chi connectivity index (χ0) is 39.5. The van der Waals surface area contributed by atoms with Crippen LogP contribution in [0.5, 0.6) is 0 Å². The van der Waals surface area contributed by atoms with E-state index < -0.39 is 0 Å². The summed E-state index contributed by atoms with van der Waals surface area (Å²) in [5, 5.41) is 0. The van der Waals surface area contributed by atoms with Gasteiger partial charge < -0.3 is 4.90 Å². The lowest BCUT2D eigenvalue weighted by molar-refractivity contribution is 0.420. The summed E-state index contributed by atoms with van der Waals surface area (Å²) in [5.74, 6) is 3.14. The number of benzene rings is 7. The van der Waals surface area contributed by atoms with Crippen LogP contribution in [0.25, 0.3) is 44.5 Å². The highest BCUT2D eigenvalue weighted by molar-refractivity contribution is 5.92. The lowest BCUT2D eigenvalue weighted by Gasteiger charge is -2.31. The molecule has 292 valence electrons. The number of para-hydroxylation sites is 1. The molecule has 0 aliphatic heterocycles. The molecule has 0 N–H and O–H groups in total. The molecule has 0 spiro atoms. The van der Waals surface area contributed by atoms with Crippen LogP contribution in [0, 0.1) is 11.8 Å². The van der Waals surface area contributed by atoms with Gasteiger partial charge in [-0.25, -0.2) is 0 Å². The van der Waals surface area contributed by atoms with Gasteiger partial charge in [-0.05, 0) is 153 Å². The van der Waals surface area contributed by atoms with Gasteiger partial charge >= 0.3 is 0 Å². The topological polar surface area (TPSA) is 3.24 Å². The quantitative estimate of drug-likeness (QED) is 0.149. The first-order valence-electron chi connectivity index (χ1n) is 22.5. The standard InChI is InChI=1S/C58H55N/c1-58(2)55-34-29-45(42-25-23-41(24-26-42)40-13-5-3-6-14-40)37-54(55)51-33-32-48(38-56(51)58)59(47-30-27-44(28-31-47)53-36-39-21-22-46(53)35-39)57-20-12-11-19-52(57)50-18-10-9-17-49(50)43-15-7-4-8-16-43/h3,5-6,9-14,17-20,23-34,37-39,43,46,53H,4,7-8,15-16,21-22,35-36H2,1-2H3. The van der Waals surface area contributed by atoms with Gasteiger partial charge in [-0.1, -0.05) is 167 Å². The Morgan fingerprint density at radius 1 is 0.458 bits per heavy atom. The van der Waals surface area contributed by atoms with E-state index in [-0.39, 0.29) is 5.41 Å². The molecule has 1 nitrogen and oxygen atoms in total. The SMILES string of the molecule is CC1(C)c2ccc(-c3ccc(-c4ccccc4)cc3)cc2-c2ccc(N(c3ccc(C4CC5CCC4C5)cc3)c3ccccc3-c3ccccc3C3CCCCC3)cc21. The summed E-state index contributed by atoms with van der Waals surface area (Å²) in [5.41, 5.74) is 19.8. The Kier molecular flexibility index (Phi) is 9.18. The Hall–Kier alpha value is -5.66. The van der Waals surface area contributed by atoms with E-state index in [2.05, 4.69) is 183 Å². The fourth-order valence-corrected chi connectivity index (χ4v) is 11.9. The Morgan fingerprint density at radius 2 is 1.12 bits per heavy atom. The van der Waals surface area contributed by atoms with Crippen LogP contribution in [0.2, 0.25) is 0 Å². The van der Waals surface area contributed by atoms with E-state index in [0.717, 1.165) is 17.8 Å². The first-order valence-corrected chi connectivity index (χ1v) is 22.5. The zero-order valence-corrected chi connectivity index (χ0v) is 34.7. The van der Waals surface area contributed by atoms with Crippen LogP contribution in [0.1, 0.15) is 106 Å². The van der Waals surface area contributed by atoms with E-state index in [0.29, 0.717) is 5.92 Å². The third-order valence-electron chi connectivity index (χ3n) is 15.0. The minimum absolute atomic E-state index is 0.138. The fourth-order valence-electron chi connectivity index (χ4n) is 11.9. The molecule has 7 aromatic carbocycles. The summed E-state index contributed by atoms with van der Waals surface area (Å²) in [6.07, 6.45) is 12.2. The summed E-state index contributed by atoms with van der Waals surface area (Å²) < 4.78 is 0. The first kappa shape index (κ1) is 36.4. The minimum Gasteiger partial charge on any atom is -0.310 e. The number of hydrogen-bond donors (Lipinski definition) is 0. The van der Waals surface area contributed by atoms with E-state index >= 15 is 0 Å². The van der Waals surface area contributed by atoms with Gasteiger partial charge in [0.25, 0.3) is 0 Å². The van der Waals surface area contributed by atoms with Gasteiger partial charge in [0.05, 0.1) is 5.69 Å². The highest BCUT2D eigenvalue weighted by Gasteiger charge is 2.40. The molecule has 0 aromatic heterocycles. The second-order valence-corrected chi connectivity index (χ2v) is 18.7. The van der Waals surface area contributed by atoms with Crippen LogP contribution in [0.4, 0.5) is 17.1 Å². The van der Waals surface area contributed by atoms with Gasteiger partial charge in [0.1, 0.15) is 0 Å². The van der Waals surface area contributed by atoms with E-state index in [4.69, 9.17) is 0 Å². The molecule has 0 amide bonds. The van der Waals surface area contributed by atoms with Crippen molar-refractivity contribution in [1.82, 2.24) is 0 Å². The number of fused-ring (bicyclic) bond motifs is 5. The van der Waals surface area contributed by atoms with Gasteiger partial charge in [0.2, 0.25) is 0 Å². The third kappa shape index (κ3) is 6.46. The van der Waals surface area contributed by atoms with Crippen molar-refractivity contribution in [3.63, 3.8) is 0 Å². The van der Waals surface area contributed by atoms with Crippen LogP contribution < -0.4 is 4.90 Å². The summed E-state index contributed by atoms with van der Waals surface area (Å²) in [6, 6.07) is 62.5. The molecule has 4 aliphatic carbocycles. The predicted molar refractivity (Wildman–Crippen MR) is 249 cm³/mol.